The molecular weight excluding hydrogens is 522 g/mol. The highest BCUT2D eigenvalue weighted by Crippen LogP contribution is 2.32. The van der Waals surface area contributed by atoms with Crippen molar-refractivity contribution in [3.05, 3.63) is 75.8 Å². The number of aliphatic hydroxyl groups excluding tert-OH is 1. The minimum Gasteiger partial charge on any atom is -0.493 e. The van der Waals surface area contributed by atoms with Crippen LogP contribution in [0, 0.1) is 0 Å². The van der Waals surface area contributed by atoms with Gasteiger partial charge in [0, 0.05) is 39.2 Å². The van der Waals surface area contributed by atoms with E-state index in [1.54, 1.807) is 0 Å². The van der Waals surface area contributed by atoms with Gasteiger partial charge in [0.2, 0.25) is 11.7 Å². The van der Waals surface area contributed by atoms with Crippen LogP contribution in [0.5, 0.6) is 11.6 Å². The quantitative estimate of drug-likeness (QED) is 0.167. The van der Waals surface area contributed by atoms with Gasteiger partial charge >= 0.3 is 5.69 Å². The van der Waals surface area contributed by atoms with E-state index in [0.717, 1.165) is 93.6 Å². The SMILES string of the molecule is CC1(C)OCc2cc([C@@H](O)CNCCCCCCOCCCCCc3cccc(-n4c(O)c[nH]c4=O)c3)ccc2O1. The number of nitrogens with one attached hydrogen (secondary N) is 2. The number of aryl methyl sites for hydroxylation is 1. The van der Waals surface area contributed by atoms with Crippen LogP contribution in [-0.4, -0.2) is 51.9 Å². The monoisotopic (exact) mass is 567 g/mol. The van der Waals surface area contributed by atoms with Crippen LogP contribution in [0.3, 0.4) is 0 Å². The van der Waals surface area contributed by atoms with Crippen LogP contribution in [0.4, 0.5) is 0 Å². The summed E-state index contributed by atoms with van der Waals surface area (Å²) in [4.78, 5) is 14.4. The molecule has 0 unspecified atom stereocenters. The molecule has 0 saturated carbocycles. The van der Waals surface area contributed by atoms with Crippen LogP contribution < -0.4 is 15.7 Å². The summed E-state index contributed by atoms with van der Waals surface area (Å²) >= 11 is 0. The van der Waals surface area contributed by atoms with Gasteiger partial charge in [0.15, 0.2) is 0 Å². The first kappa shape index (κ1) is 30.8. The van der Waals surface area contributed by atoms with E-state index in [1.165, 1.54) is 10.8 Å². The van der Waals surface area contributed by atoms with Gasteiger partial charge < -0.3 is 34.7 Å². The molecule has 1 aliphatic heterocycles. The second-order valence-electron chi connectivity index (χ2n) is 11.2. The van der Waals surface area contributed by atoms with Crippen molar-refractivity contribution in [3.8, 4) is 17.3 Å². The Bertz CT molecular complexity index is 1280. The number of aromatic hydroxyl groups is 1. The molecular formula is C32H45N3O6. The van der Waals surface area contributed by atoms with E-state index >= 15 is 0 Å². The molecule has 1 aliphatic rings. The Morgan fingerprint density at radius 2 is 1.83 bits per heavy atom. The van der Waals surface area contributed by atoms with Gasteiger partial charge in [-0.1, -0.05) is 37.5 Å². The number of aromatic amines is 1. The second-order valence-corrected chi connectivity index (χ2v) is 11.2. The summed E-state index contributed by atoms with van der Waals surface area (Å²) in [5.74, 6) is 0.122. The zero-order chi connectivity index (χ0) is 29.1. The third kappa shape index (κ3) is 9.46. The van der Waals surface area contributed by atoms with Crippen molar-refractivity contribution in [2.45, 2.75) is 83.7 Å². The Morgan fingerprint density at radius 3 is 2.61 bits per heavy atom. The lowest BCUT2D eigenvalue weighted by atomic mass is 10.0. The summed E-state index contributed by atoms with van der Waals surface area (Å²) in [6.07, 6.45) is 9.26. The molecule has 9 nitrogen and oxygen atoms in total. The minimum atomic E-state index is -0.613. The van der Waals surface area contributed by atoms with E-state index in [-0.39, 0.29) is 11.6 Å². The normalized spacial score (nSPS) is 14.9. The largest absolute Gasteiger partial charge is 0.493 e. The molecule has 1 atom stereocenters. The molecule has 0 saturated heterocycles. The fourth-order valence-electron chi connectivity index (χ4n) is 5.00. The van der Waals surface area contributed by atoms with E-state index < -0.39 is 11.9 Å². The third-order valence-electron chi connectivity index (χ3n) is 7.31. The van der Waals surface area contributed by atoms with E-state index in [1.807, 2.05) is 56.3 Å². The van der Waals surface area contributed by atoms with Gasteiger partial charge in [0.1, 0.15) is 5.75 Å². The molecule has 1 aromatic heterocycles. The number of ether oxygens (including phenoxy) is 3. The molecule has 4 N–H and O–H groups in total. The molecule has 0 aliphatic carbocycles. The zero-order valence-corrected chi connectivity index (χ0v) is 24.4. The maximum atomic E-state index is 11.9. The minimum absolute atomic E-state index is 0.0883. The van der Waals surface area contributed by atoms with Gasteiger partial charge in [0.05, 0.1) is 24.6 Å². The van der Waals surface area contributed by atoms with Crippen molar-refractivity contribution in [3.63, 3.8) is 0 Å². The fourth-order valence-corrected chi connectivity index (χ4v) is 5.00. The van der Waals surface area contributed by atoms with Crippen molar-refractivity contribution in [1.29, 1.82) is 0 Å². The average molecular weight is 568 g/mol. The first-order valence-corrected chi connectivity index (χ1v) is 14.8. The van der Waals surface area contributed by atoms with Crippen LogP contribution >= 0.6 is 0 Å². The first-order valence-electron chi connectivity index (χ1n) is 14.8. The summed E-state index contributed by atoms with van der Waals surface area (Å²) in [6.45, 7) is 7.27. The number of imidazole rings is 1. The van der Waals surface area contributed by atoms with Crippen LogP contribution in [0.1, 0.15) is 81.6 Å². The molecule has 3 aromatic rings. The van der Waals surface area contributed by atoms with Crippen LogP contribution in [-0.2, 0) is 22.5 Å². The number of rotatable bonds is 17. The van der Waals surface area contributed by atoms with E-state index in [2.05, 4.69) is 10.3 Å². The maximum absolute atomic E-state index is 11.9. The molecule has 0 spiro atoms. The first-order chi connectivity index (χ1) is 19.8. The molecule has 2 heterocycles. The number of aliphatic hydroxyl groups is 1. The van der Waals surface area contributed by atoms with Crippen LogP contribution in [0.25, 0.3) is 5.69 Å². The van der Waals surface area contributed by atoms with Gasteiger partial charge in [-0.3, -0.25) is 0 Å². The van der Waals surface area contributed by atoms with Crippen molar-refractivity contribution in [1.82, 2.24) is 14.9 Å². The van der Waals surface area contributed by atoms with Crippen LogP contribution in [0.2, 0.25) is 0 Å². The smallest absolute Gasteiger partial charge is 0.333 e. The van der Waals surface area contributed by atoms with Crippen molar-refractivity contribution < 1.29 is 24.4 Å². The number of benzene rings is 2. The summed E-state index contributed by atoms with van der Waals surface area (Å²) in [7, 11) is 0. The fraction of sp³-hybridized carbons (Fsp3) is 0.531. The number of unbranched alkanes of at least 4 members (excludes halogenated alkanes) is 5. The van der Waals surface area contributed by atoms with E-state index in [9.17, 15) is 15.0 Å². The van der Waals surface area contributed by atoms with Gasteiger partial charge in [-0.05, 0) is 74.0 Å². The van der Waals surface area contributed by atoms with Crippen LogP contribution in [0.15, 0.2) is 53.5 Å². The van der Waals surface area contributed by atoms with E-state index in [0.29, 0.717) is 18.8 Å². The zero-order valence-electron chi connectivity index (χ0n) is 24.4. The number of hydrogen-bond donors (Lipinski definition) is 4. The van der Waals surface area contributed by atoms with Crippen molar-refractivity contribution in [2.75, 3.05) is 26.3 Å². The number of aromatic nitrogens is 2. The topological polar surface area (TPSA) is 118 Å². The Labute approximate surface area is 242 Å². The lowest BCUT2D eigenvalue weighted by Gasteiger charge is -2.33. The predicted molar refractivity (Wildman–Crippen MR) is 159 cm³/mol. The number of nitrogens with zero attached hydrogens (tertiary/aromatic N) is 1. The van der Waals surface area contributed by atoms with Gasteiger partial charge in [-0.2, -0.15) is 0 Å². The molecule has 0 amide bonds. The molecule has 4 rings (SSSR count). The maximum Gasteiger partial charge on any atom is 0.333 e. The molecule has 0 fully saturated rings. The van der Waals surface area contributed by atoms with Gasteiger partial charge in [-0.15, -0.1) is 0 Å². The Balaban J connectivity index is 0.971. The second kappa shape index (κ2) is 15.2. The van der Waals surface area contributed by atoms with Crippen molar-refractivity contribution >= 4 is 0 Å². The molecule has 0 radical (unpaired) electrons. The number of hydrogen-bond acceptors (Lipinski definition) is 7. The molecule has 9 heteroatoms. The Hall–Kier alpha value is -3.11. The Kier molecular flexibility index (Phi) is 11.4. The van der Waals surface area contributed by atoms with E-state index in [4.69, 9.17) is 14.2 Å². The summed E-state index contributed by atoms with van der Waals surface area (Å²) < 4.78 is 18.6. The van der Waals surface area contributed by atoms with Crippen molar-refractivity contribution in [2.24, 2.45) is 0 Å². The molecule has 0 bridgehead atoms. The summed E-state index contributed by atoms with van der Waals surface area (Å²) in [6, 6.07) is 13.5. The van der Waals surface area contributed by atoms with Gasteiger partial charge in [-0.25, -0.2) is 9.36 Å². The summed E-state index contributed by atoms with van der Waals surface area (Å²) in [5, 5.41) is 23.8. The lowest BCUT2D eigenvalue weighted by Crippen LogP contribution is -2.35. The third-order valence-corrected chi connectivity index (χ3v) is 7.31. The molecule has 224 valence electrons. The highest BCUT2D eigenvalue weighted by molar-refractivity contribution is 5.39. The molecule has 41 heavy (non-hydrogen) atoms. The highest BCUT2D eigenvalue weighted by atomic mass is 16.7. The van der Waals surface area contributed by atoms with Gasteiger partial charge in [0.25, 0.3) is 0 Å². The predicted octanol–water partition coefficient (Wildman–Crippen LogP) is 5.13. The lowest BCUT2D eigenvalue weighted by molar-refractivity contribution is -0.180. The number of fused-ring (bicyclic) bond motifs is 1. The molecule has 2 aromatic carbocycles. The average Bonchev–Trinajstić information content (AvgIpc) is 3.29. The standard InChI is InChI=1S/C32H45N3O6/c1-32(2)40-23-26-20-25(14-15-29(26)41-32)28(36)21-33-16-7-3-4-8-17-39-18-9-5-6-11-24-12-10-13-27(19-24)35-30(37)22-34-31(35)38/h10,12-15,19-20,22,28,33,36-37H,3-9,11,16-18,21,23H2,1-2H3,(H,34,38)/t28-/m0/s1. The Morgan fingerprint density at radius 1 is 1.05 bits per heavy atom. The highest BCUT2D eigenvalue weighted by Gasteiger charge is 2.27. The summed E-state index contributed by atoms with van der Waals surface area (Å²) in [5.41, 5.74) is 3.32. The number of H-pyrrole nitrogens is 1.